The highest BCUT2D eigenvalue weighted by atomic mass is 35.5. The monoisotopic (exact) mass is 355 g/mol. The van der Waals surface area contributed by atoms with Crippen LogP contribution in [-0.2, 0) is 0 Å². The second-order valence-corrected chi connectivity index (χ2v) is 4.64. The molecular formula is C15H19Cl2N5O. The van der Waals surface area contributed by atoms with Gasteiger partial charge in [0.05, 0.1) is 0 Å². The lowest BCUT2D eigenvalue weighted by molar-refractivity contribution is 0.824. The van der Waals surface area contributed by atoms with Crippen LogP contribution in [0.4, 0.5) is 11.4 Å². The Bertz CT molecular complexity index is 615. The average Bonchev–Trinajstić information content (AvgIpc) is 2.46. The molecule has 7 N–H and O–H groups in total. The fourth-order valence-corrected chi connectivity index (χ4v) is 1.47. The standard InChI is InChI=1S/C8H7ClN4.C6H6ClN.CH4.H2O/c1-11-13-8(10)12-7-4-2-6(9)3-5-7;7-5-1-3-6(8)4-2-5;;/h2-5H,(H3,10,12,13);1-4H,8H2;1H4;1H2. The maximum atomic E-state index is 6.43. The van der Waals surface area contributed by atoms with E-state index in [1.807, 2.05) is 0 Å². The van der Waals surface area contributed by atoms with Gasteiger partial charge in [-0.05, 0) is 48.5 Å². The van der Waals surface area contributed by atoms with E-state index in [1.54, 1.807) is 48.5 Å². The zero-order chi connectivity index (χ0) is 15.7. The summed E-state index contributed by atoms with van der Waals surface area (Å²) in [5.41, 5.74) is 12.2. The first-order chi connectivity index (χ1) is 10.0. The summed E-state index contributed by atoms with van der Waals surface area (Å²) < 4.78 is 0. The van der Waals surface area contributed by atoms with Crippen molar-refractivity contribution < 1.29 is 5.48 Å². The van der Waals surface area contributed by atoms with Crippen LogP contribution in [0.1, 0.15) is 7.43 Å². The predicted molar refractivity (Wildman–Crippen MR) is 99.5 cm³/mol. The predicted octanol–water partition coefficient (Wildman–Crippen LogP) is 3.63. The van der Waals surface area contributed by atoms with Crippen molar-refractivity contribution in [2.45, 2.75) is 7.43 Å². The Morgan fingerprint density at radius 1 is 1.00 bits per heavy atom. The second-order valence-electron chi connectivity index (χ2n) is 3.77. The molecule has 0 saturated carbocycles. The molecule has 0 spiro atoms. The summed E-state index contributed by atoms with van der Waals surface area (Å²) in [6.45, 7) is 6.43. The molecule has 0 aliphatic rings. The molecule has 0 heterocycles. The van der Waals surface area contributed by atoms with Gasteiger partial charge in [0, 0.05) is 21.4 Å². The summed E-state index contributed by atoms with van der Waals surface area (Å²) in [6.07, 6.45) is 0. The lowest BCUT2D eigenvalue weighted by Crippen LogP contribution is -2.21. The lowest BCUT2D eigenvalue weighted by atomic mass is 10.3. The van der Waals surface area contributed by atoms with E-state index in [2.05, 4.69) is 15.4 Å². The molecule has 0 aliphatic carbocycles. The summed E-state index contributed by atoms with van der Waals surface area (Å²) in [6, 6.07) is 14.0. The van der Waals surface area contributed by atoms with Gasteiger partial charge >= 0.3 is 0 Å². The highest BCUT2D eigenvalue weighted by Crippen LogP contribution is 2.12. The van der Waals surface area contributed by atoms with Gasteiger partial charge in [-0.15, -0.1) is 4.95 Å². The van der Waals surface area contributed by atoms with Crippen molar-refractivity contribution in [1.29, 1.82) is 0 Å². The number of nitrogen functional groups attached to an aromatic ring is 1. The van der Waals surface area contributed by atoms with Gasteiger partial charge in [0.1, 0.15) is 5.10 Å². The largest absolute Gasteiger partial charge is 0.412 e. The molecule has 0 unspecified atom stereocenters. The Morgan fingerprint density at radius 2 is 1.43 bits per heavy atom. The van der Waals surface area contributed by atoms with E-state index in [4.69, 9.17) is 41.2 Å². The van der Waals surface area contributed by atoms with Crippen molar-refractivity contribution in [2.24, 2.45) is 10.8 Å². The van der Waals surface area contributed by atoms with E-state index in [-0.39, 0.29) is 18.9 Å². The maximum Gasteiger partial charge on any atom is 0.279 e. The van der Waals surface area contributed by atoms with Gasteiger partial charge in [-0.1, -0.05) is 30.6 Å². The number of nitrogens with one attached hydrogen (secondary N) is 1. The molecule has 6 nitrogen and oxygen atoms in total. The number of guanidine groups is 1. The number of hydrogen-bond donors (Lipinski definition) is 3. The van der Waals surface area contributed by atoms with Crippen molar-refractivity contribution in [3.8, 4) is 0 Å². The van der Waals surface area contributed by atoms with Gasteiger partial charge in [0.25, 0.3) is 5.96 Å². The third-order valence-electron chi connectivity index (χ3n) is 2.14. The molecule has 2 aromatic carbocycles. The van der Waals surface area contributed by atoms with Crippen LogP contribution in [-0.4, -0.2) is 11.4 Å². The fourth-order valence-electron chi connectivity index (χ4n) is 1.22. The number of nitrogens with two attached hydrogens (primary N) is 2. The molecule has 0 amide bonds. The topological polar surface area (TPSA) is 112 Å². The van der Waals surface area contributed by atoms with E-state index in [9.17, 15) is 0 Å². The highest BCUT2D eigenvalue weighted by molar-refractivity contribution is 6.30. The number of halogens is 2. The Labute approximate surface area is 145 Å². The molecule has 8 heteroatoms. The molecule has 0 bridgehead atoms. The smallest absolute Gasteiger partial charge is 0.279 e. The minimum Gasteiger partial charge on any atom is -0.412 e. The van der Waals surface area contributed by atoms with Crippen molar-refractivity contribution in [3.05, 3.63) is 70.1 Å². The zero-order valence-corrected chi connectivity index (χ0v) is 12.9. The molecule has 0 fully saturated rings. The van der Waals surface area contributed by atoms with Crippen molar-refractivity contribution in [2.75, 3.05) is 11.1 Å². The van der Waals surface area contributed by atoms with Gasteiger partial charge in [-0.2, -0.15) is 6.57 Å². The molecule has 2 rings (SSSR count). The van der Waals surface area contributed by atoms with E-state index >= 15 is 0 Å². The summed E-state index contributed by atoms with van der Waals surface area (Å²) in [5.74, 6) is 0.0670. The fraction of sp³-hybridized carbons (Fsp3) is 0.0667. The molecular weight excluding hydrogens is 337 g/mol. The van der Waals surface area contributed by atoms with Crippen LogP contribution in [0.3, 0.4) is 0 Å². The Morgan fingerprint density at radius 3 is 1.83 bits per heavy atom. The second kappa shape index (κ2) is 12.1. The molecule has 0 atom stereocenters. The molecule has 0 aromatic heterocycles. The minimum atomic E-state index is 0. The van der Waals surface area contributed by atoms with Crippen LogP contribution in [0.25, 0.3) is 4.95 Å². The zero-order valence-electron chi connectivity index (χ0n) is 11.4. The van der Waals surface area contributed by atoms with Crippen molar-refractivity contribution >= 4 is 40.5 Å². The van der Waals surface area contributed by atoms with Crippen LogP contribution >= 0.6 is 23.2 Å². The Balaban J connectivity index is 0. The number of hydrogen-bond acceptors (Lipinski definition) is 2. The third-order valence-corrected chi connectivity index (χ3v) is 2.65. The van der Waals surface area contributed by atoms with Gasteiger partial charge in [-0.3, -0.25) is 0 Å². The quantitative estimate of drug-likeness (QED) is 0.238. The van der Waals surface area contributed by atoms with Crippen LogP contribution < -0.4 is 16.8 Å². The maximum absolute atomic E-state index is 6.43. The molecule has 0 saturated heterocycles. The van der Waals surface area contributed by atoms with E-state index in [0.29, 0.717) is 5.02 Å². The molecule has 2 aromatic rings. The molecule has 0 radical (unpaired) electrons. The summed E-state index contributed by atoms with van der Waals surface area (Å²) in [4.78, 5) is 2.77. The van der Waals surface area contributed by atoms with Crippen molar-refractivity contribution in [3.63, 3.8) is 0 Å². The highest BCUT2D eigenvalue weighted by Gasteiger charge is 1.96. The SMILES string of the molecule is C.Nc1ccc(Cl)cc1.O.[C-]#[N+]N=C(N)Nc1ccc(Cl)cc1. The lowest BCUT2D eigenvalue weighted by Gasteiger charge is -2.00. The summed E-state index contributed by atoms with van der Waals surface area (Å²) in [5, 5.41) is 7.38. The Kier molecular flexibility index (Phi) is 12.0. The summed E-state index contributed by atoms with van der Waals surface area (Å²) >= 11 is 11.2. The molecule has 0 aliphatic heterocycles. The van der Waals surface area contributed by atoms with Crippen LogP contribution in [0.5, 0.6) is 0 Å². The first-order valence-corrected chi connectivity index (χ1v) is 6.50. The number of benzene rings is 2. The normalized spacial score (nSPS) is 9.17. The van der Waals surface area contributed by atoms with Gasteiger partial charge in [-0.25, -0.2) is 0 Å². The van der Waals surface area contributed by atoms with Gasteiger partial charge in [0.2, 0.25) is 0 Å². The van der Waals surface area contributed by atoms with Gasteiger partial charge < -0.3 is 22.3 Å². The van der Waals surface area contributed by atoms with E-state index in [1.165, 1.54) is 0 Å². The first-order valence-electron chi connectivity index (χ1n) is 5.75. The third kappa shape index (κ3) is 9.98. The number of nitrogens with zero attached hydrogens (tertiary/aromatic N) is 2. The average molecular weight is 356 g/mol. The van der Waals surface area contributed by atoms with Crippen LogP contribution in [0.15, 0.2) is 53.6 Å². The first kappa shape index (κ1) is 22.8. The molecule has 124 valence electrons. The van der Waals surface area contributed by atoms with E-state index < -0.39 is 0 Å². The molecule has 23 heavy (non-hydrogen) atoms. The number of anilines is 2. The van der Waals surface area contributed by atoms with Crippen molar-refractivity contribution in [1.82, 2.24) is 0 Å². The Hall–Kier alpha value is -2.46. The number of rotatable bonds is 1. The van der Waals surface area contributed by atoms with Gasteiger partial charge in [0.15, 0.2) is 0 Å². The van der Waals surface area contributed by atoms with E-state index in [0.717, 1.165) is 16.4 Å². The minimum absolute atomic E-state index is 0. The van der Waals surface area contributed by atoms with Crippen LogP contribution in [0.2, 0.25) is 10.0 Å². The summed E-state index contributed by atoms with van der Waals surface area (Å²) in [7, 11) is 0. The van der Waals surface area contributed by atoms with Crippen LogP contribution in [0, 0.1) is 6.57 Å².